The third kappa shape index (κ3) is 3.28. The quantitative estimate of drug-likeness (QED) is 0.806. The standard InChI is InChI=1S/C15H27N3O/c1-5-6-11-7-9-15(10-8-11)12(19)16-13(18-15)17-14(2,3)4/h11H,5-10H2,1-4H3,(H2,16,17,18,19). The molecule has 4 heteroatoms. The maximum absolute atomic E-state index is 12.2. The van der Waals surface area contributed by atoms with Gasteiger partial charge in [0.05, 0.1) is 0 Å². The van der Waals surface area contributed by atoms with Crippen molar-refractivity contribution in [1.82, 2.24) is 10.6 Å². The van der Waals surface area contributed by atoms with E-state index in [1.165, 1.54) is 12.8 Å². The van der Waals surface area contributed by atoms with Gasteiger partial charge in [0, 0.05) is 5.54 Å². The first kappa shape index (κ1) is 14.4. The van der Waals surface area contributed by atoms with Gasteiger partial charge in [-0.1, -0.05) is 19.8 Å². The van der Waals surface area contributed by atoms with Crippen LogP contribution in [0, 0.1) is 5.92 Å². The second kappa shape index (κ2) is 5.14. The van der Waals surface area contributed by atoms with Crippen LogP contribution in [0.3, 0.4) is 0 Å². The Bertz CT molecular complexity index is 373. The molecule has 0 aromatic rings. The van der Waals surface area contributed by atoms with E-state index >= 15 is 0 Å². The molecule has 2 aliphatic rings. The smallest absolute Gasteiger partial charge is 0.254 e. The molecule has 0 unspecified atom stereocenters. The normalized spacial score (nSPS) is 31.3. The molecular weight excluding hydrogens is 238 g/mol. The van der Waals surface area contributed by atoms with Crippen LogP contribution in [-0.4, -0.2) is 22.9 Å². The molecule has 0 radical (unpaired) electrons. The summed E-state index contributed by atoms with van der Waals surface area (Å²) in [6, 6.07) is 0. The van der Waals surface area contributed by atoms with Gasteiger partial charge in [0.2, 0.25) is 0 Å². The SMILES string of the molecule is CCCC1CCC2(CC1)N=C(NC(C)(C)C)NC2=O. The second-order valence-electron chi connectivity index (χ2n) is 7.05. The van der Waals surface area contributed by atoms with Crippen LogP contribution in [0.25, 0.3) is 0 Å². The molecule has 1 aliphatic heterocycles. The number of rotatable bonds is 2. The Kier molecular flexibility index (Phi) is 3.88. The van der Waals surface area contributed by atoms with E-state index in [0.717, 1.165) is 31.6 Å². The first-order valence-electron chi connectivity index (χ1n) is 7.54. The van der Waals surface area contributed by atoms with Gasteiger partial charge in [-0.25, -0.2) is 4.99 Å². The van der Waals surface area contributed by atoms with Gasteiger partial charge in [-0.05, 0) is 52.4 Å². The molecule has 0 bridgehead atoms. The third-order valence-electron chi connectivity index (χ3n) is 4.10. The molecule has 1 spiro atoms. The van der Waals surface area contributed by atoms with E-state index in [4.69, 9.17) is 0 Å². The van der Waals surface area contributed by atoms with E-state index in [1.807, 2.05) is 0 Å². The molecule has 0 atom stereocenters. The number of carbonyl (C=O) groups is 1. The van der Waals surface area contributed by atoms with Crippen LogP contribution in [0.15, 0.2) is 4.99 Å². The largest absolute Gasteiger partial charge is 0.351 e. The molecule has 1 saturated carbocycles. The monoisotopic (exact) mass is 265 g/mol. The van der Waals surface area contributed by atoms with Crippen LogP contribution >= 0.6 is 0 Å². The van der Waals surface area contributed by atoms with Gasteiger partial charge in [-0.2, -0.15) is 0 Å². The Hall–Kier alpha value is -1.06. The lowest BCUT2D eigenvalue weighted by atomic mass is 9.75. The number of amides is 1. The van der Waals surface area contributed by atoms with Gasteiger partial charge in [-0.3, -0.25) is 10.1 Å². The van der Waals surface area contributed by atoms with Crippen LogP contribution in [0.5, 0.6) is 0 Å². The molecule has 1 heterocycles. The highest BCUT2D eigenvalue weighted by atomic mass is 16.2. The zero-order valence-corrected chi connectivity index (χ0v) is 12.7. The van der Waals surface area contributed by atoms with E-state index < -0.39 is 5.54 Å². The van der Waals surface area contributed by atoms with Crippen molar-refractivity contribution < 1.29 is 4.79 Å². The van der Waals surface area contributed by atoms with Crippen LogP contribution in [0.1, 0.15) is 66.2 Å². The van der Waals surface area contributed by atoms with Crippen molar-refractivity contribution in [2.24, 2.45) is 10.9 Å². The highest BCUT2D eigenvalue weighted by Crippen LogP contribution is 2.38. The van der Waals surface area contributed by atoms with Gasteiger partial charge in [0.15, 0.2) is 5.96 Å². The molecule has 0 aromatic heterocycles. The minimum absolute atomic E-state index is 0.0724. The lowest BCUT2D eigenvalue weighted by molar-refractivity contribution is -0.125. The fourth-order valence-corrected chi connectivity index (χ4v) is 3.12. The number of hydrogen-bond acceptors (Lipinski definition) is 3. The molecule has 1 amide bonds. The minimum Gasteiger partial charge on any atom is -0.351 e. The van der Waals surface area contributed by atoms with E-state index in [1.54, 1.807) is 0 Å². The van der Waals surface area contributed by atoms with E-state index in [2.05, 4.69) is 43.3 Å². The molecule has 1 aliphatic carbocycles. The molecular formula is C15H27N3O. The van der Waals surface area contributed by atoms with Crippen molar-refractivity contribution in [2.45, 2.75) is 77.3 Å². The van der Waals surface area contributed by atoms with Crippen molar-refractivity contribution in [3.8, 4) is 0 Å². The highest BCUT2D eigenvalue weighted by molar-refractivity contribution is 6.07. The third-order valence-corrected chi connectivity index (χ3v) is 4.10. The molecule has 2 N–H and O–H groups in total. The maximum atomic E-state index is 12.2. The van der Waals surface area contributed by atoms with E-state index in [-0.39, 0.29) is 11.4 Å². The predicted molar refractivity (Wildman–Crippen MR) is 78.1 cm³/mol. The number of carbonyl (C=O) groups excluding carboxylic acids is 1. The summed E-state index contributed by atoms with van der Waals surface area (Å²) in [7, 11) is 0. The number of nitrogens with one attached hydrogen (secondary N) is 2. The Balaban J connectivity index is 2.02. The average Bonchev–Trinajstić information content (AvgIpc) is 2.57. The number of hydrogen-bond donors (Lipinski definition) is 2. The number of nitrogens with zero attached hydrogens (tertiary/aromatic N) is 1. The number of aliphatic imine (C=N–C) groups is 1. The van der Waals surface area contributed by atoms with Gasteiger partial charge in [-0.15, -0.1) is 0 Å². The maximum Gasteiger partial charge on any atom is 0.254 e. The summed E-state index contributed by atoms with van der Waals surface area (Å²) >= 11 is 0. The fraction of sp³-hybridized carbons (Fsp3) is 0.867. The van der Waals surface area contributed by atoms with Crippen LogP contribution in [0.4, 0.5) is 0 Å². The van der Waals surface area contributed by atoms with Gasteiger partial charge in [0.25, 0.3) is 5.91 Å². The van der Waals surface area contributed by atoms with E-state index in [9.17, 15) is 4.79 Å². The van der Waals surface area contributed by atoms with Crippen LogP contribution < -0.4 is 10.6 Å². The Morgan fingerprint density at radius 2 is 2.00 bits per heavy atom. The van der Waals surface area contributed by atoms with Crippen LogP contribution in [-0.2, 0) is 4.79 Å². The molecule has 19 heavy (non-hydrogen) atoms. The van der Waals surface area contributed by atoms with Crippen molar-refractivity contribution in [2.75, 3.05) is 0 Å². The summed E-state index contributed by atoms with van der Waals surface area (Å²) < 4.78 is 0. The minimum atomic E-state index is -0.474. The fourth-order valence-electron chi connectivity index (χ4n) is 3.12. The molecule has 1 fully saturated rings. The summed E-state index contributed by atoms with van der Waals surface area (Å²) in [4.78, 5) is 16.9. The predicted octanol–water partition coefficient (Wildman–Crippen LogP) is 2.59. The lowest BCUT2D eigenvalue weighted by Crippen LogP contribution is -2.48. The summed E-state index contributed by atoms with van der Waals surface area (Å²) in [6.45, 7) is 8.45. The molecule has 0 saturated heterocycles. The topological polar surface area (TPSA) is 53.5 Å². The first-order chi connectivity index (χ1) is 8.85. The molecule has 2 rings (SSSR count). The van der Waals surface area contributed by atoms with Gasteiger partial charge in [0.1, 0.15) is 5.54 Å². The van der Waals surface area contributed by atoms with Crippen molar-refractivity contribution in [1.29, 1.82) is 0 Å². The van der Waals surface area contributed by atoms with E-state index in [0.29, 0.717) is 5.96 Å². The van der Waals surface area contributed by atoms with Crippen molar-refractivity contribution in [3.63, 3.8) is 0 Å². The first-order valence-corrected chi connectivity index (χ1v) is 7.54. The summed E-state index contributed by atoms with van der Waals surface area (Å²) in [5.41, 5.74) is -0.547. The highest BCUT2D eigenvalue weighted by Gasteiger charge is 2.46. The second-order valence-corrected chi connectivity index (χ2v) is 7.05. The Morgan fingerprint density at radius 3 is 2.53 bits per heavy atom. The summed E-state index contributed by atoms with van der Waals surface area (Å²) in [5, 5.41) is 6.19. The summed E-state index contributed by atoms with van der Waals surface area (Å²) in [5.74, 6) is 1.54. The Labute approximate surface area is 116 Å². The van der Waals surface area contributed by atoms with Gasteiger partial charge >= 0.3 is 0 Å². The number of guanidine groups is 1. The zero-order chi connectivity index (χ0) is 14.1. The van der Waals surface area contributed by atoms with Crippen LogP contribution in [0.2, 0.25) is 0 Å². The lowest BCUT2D eigenvalue weighted by Gasteiger charge is -2.32. The molecule has 4 nitrogen and oxygen atoms in total. The van der Waals surface area contributed by atoms with Crippen molar-refractivity contribution >= 4 is 11.9 Å². The zero-order valence-electron chi connectivity index (χ0n) is 12.7. The van der Waals surface area contributed by atoms with Crippen molar-refractivity contribution in [3.05, 3.63) is 0 Å². The van der Waals surface area contributed by atoms with Gasteiger partial charge < -0.3 is 5.32 Å². The molecule has 108 valence electrons. The average molecular weight is 265 g/mol. The summed E-state index contributed by atoms with van der Waals surface area (Å²) in [6.07, 6.45) is 6.59. The Morgan fingerprint density at radius 1 is 1.37 bits per heavy atom. The molecule has 0 aromatic carbocycles.